The molecular weight excluding hydrogens is 356 g/mol. The van der Waals surface area contributed by atoms with Crippen LogP contribution in [-0.2, 0) is 9.59 Å². The van der Waals surface area contributed by atoms with Gasteiger partial charge in [-0.2, -0.15) is 0 Å². The predicted molar refractivity (Wildman–Crippen MR) is 105 cm³/mol. The first-order chi connectivity index (χ1) is 13.4. The third-order valence-electron chi connectivity index (χ3n) is 5.31. The van der Waals surface area contributed by atoms with Gasteiger partial charge in [-0.05, 0) is 62.2 Å². The van der Waals surface area contributed by atoms with Gasteiger partial charge in [0.05, 0.1) is 17.5 Å². The van der Waals surface area contributed by atoms with Crippen LogP contribution in [0.1, 0.15) is 30.1 Å². The van der Waals surface area contributed by atoms with E-state index in [4.69, 9.17) is 0 Å². The van der Waals surface area contributed by atoms with E-state index in [-0.39, 0.29) is 35.3 Å². The lowest BCUT2D eigenvalue weighted by atomic mass is 9.82. The number of anilines is 2. The number of carbonyl (C=O) groups excluding carboxylic acids is 3. The van der Waals surface area contributed by atoms with Crippen LogP contribution in [0, 0.1) is 11.8 Å². The molecule has 2 atom stereocenters. The molecule has 142 valence electrons. The highest BCUT2D eigenvalue weighted by molar-refractivity contribution is 6.22. The highest BCUT2D eigenvalue weighted by Crippen LogP contribution is 2.39. The molecule has 1 heterocycles. The van der Waals surface area contributed by atoms with E-state index in [0.717, 1.165) is 5.57 Å². The molecule has 6 nitrogen and oxygen atoms in total. The molecule has 1 aliphatic carbocycles. The van der Waals surface area contributed by atoms with E-state index >= 15 is 0 Å². The number of aromatic hydroxyl groups is 1. The Labute approximate surface area is 162 Å². The molecule has 6 heteroatoms. The SMILES string of the molecule is CC1=CC[C@H]2C(=O)N(c3cccc(C(=O)Nc4ccc(O)cc4)c3)C(=O)[C@@H]2C1. The predicted octanol–water partition coefficient (Wildman–Crippen LogP) is 3.49. The average molecular weight is 376 g/mol. The van der Waals surface area contributed by atoms with Crippen LogP contribution in [0.25, 0.3) is 0 Å². The van der Waals surface area contributed by atoms with Crippen LogP contribution in [0.2, 0.25) is 0 Å². The monoisotopic (exact) mass is 376 g/mol. The summed E-state index contributed by atoms with van der Waals surface area (Å²) in [5, 5.41) is 12.1. The Kier molecular flexibility index (Phi) is 4.47. The van der Waals surface area contributed by atoms with E-state index in [2.05, 4.69) is 5.32 Å². The van der Waals surface area contributed by atoms with Gasteiger partial charge in [0.2, 0.25) is 11.8 Å². The lowest BCUT2D eigenvalue weighted by Gasteiger charge is -2.18. The summed E-state index contributed by atoms with van der Waals surface area (Å²) in [6, 6.07) is 12.6. The van der Waals surface area contributed by atoms with E-state index in [9.17, 15) is 19.5 Å². The third kappa shape index (κ3) is 3.17. The van der Waals surface area contributed by atoms with E-state index in [1.165, 1.54) is 17.0 Å². The molecule has 0 bridgehead atoms. The van der Waals surface area contributed by atoms with Gasteiger partial charge in [-0.15, -0.1) is 0 Å². The van der Waals surface area contributed by atoms with Crippen molar-refractivity contribution in [2.45, 2.75) is 19.8 Å². The second-order valence-electron chi connectivity index (χ2n) is 7.27. The van der Waals surface area contributed by atoms with Crippen LogP contribution in [-0.4, -0.2) is 22.8 Å². The topological polar surface area (TPSA) is 86.7 Å². The van der Waals surface area contributed by atoms with Crippen molar-refractivity contribution in [3.8, 4) is 5.75 Å². The molecule has 4 rings (SSSR count). The van der Waals surface area contributed by atoms with Crippen molar-refractivity contribution in [3.05, 3.63) is 65.7 Å². The number of amides is 3. The van der Waals surface area contributed by atoms with Crippen LogP contribution < -0.4 is 10.2 Å². The Morgan fingerprint density at radius 3 is 2.54 bits per heavy atom. The number of hydrogen-bond acceptors (Lipinski definition) is 4. The zero-order chi connectivity index (χ0) is 19.8. The number of allylic oxidation sites excluding steroid dienone is 2. The zero-order valence-corrected chi connectivity index (χ0v) is 15.4. The molecule has 0 aromatic heterocycles. The summed E-state index contributed by atoms with van der Waals surface area (Å²) in [5.41, 5.74) is 2.43. The molecule has 1 aliphatic heterocycles. The van der Waals surface area contributed by atoms with Gasteiger partial charge in [0, 0.05) is 11.3 Å². The number of hydrogen-bond donors (Lipinski definition) is 2. The second kappa shape index (κ2) is 6.96. The molecular formula is C22H20N2O4. The number of phenolic OH excluding ortho intramolecular Hbond substituents is 1. The van der Waals surface area contributed by atoms with Crippen molar-refractivity contribution in [1.29, 1.82) is 0 Å². The summed E-state index contributed by atoms with van der Waals surface area (Å²) >= 11 is 0. The Bertz CT molecular complexity index is 994. The van der Waals surface area contributed by atoms with Gasteiger partial charge in [-0.3, -0.25) is 19.3 Å². The fourth-order valence-electron chi connectivity index (χ4n) is 3.83. The molecule has 2 aromatic rings. The first-order valence-electron chi connectivity index (χ1n) is 9.18. The van der Waals surface area contributed by atoms with Crippen LogP contribution in [0.3, 0.4) is 0 Å². The first kappa shape index (κ1) is 18.0. The molecule has 0 radical (unpaired) electrons. The summed E-state index contributed by atoms with van der Waals surface area (Å²) in [5.74, 6) is -1.27. The number of phenols is 1. The second-order valence-corrected chi connectivity index (χ2v) is 7.27. The summed E-state index contributed by atoms with van der Waals surface area (Å²) < 4.78 is 0. The fourth-order valence-corrected chi connectivity index (χ4v) is 3.83. The molecule has 0 unspecified atom stereocenters. The highest BCUT2D eigenvalue weighted by Gasteiger charge is 2.48. The molecule has 0 spiro atoms. The number of nitrogens with one attached hydrogen (secondary N) is 1. The van der Waals surface area contributed by atoms with Crippen molar-refractivity contribution in [1.82, 2.24) is 0 Å². The first-order valence-corrected chi connectivity index (χ1v) is 9.18. The summed E-state index contributed by atoms with van der Waals surface area (Å²) in [7, 11) is 0. The largest absolute Gasteiger partial charge is 0.508 e. The minimum Gasteiger partial charge on any atom is -0.508 e. The van der Waals surface area contributed by atoms with E-state index in [0.29, 0.717) is 29.8 Å². The Morgan fingerprint density at radius 2 is 1.79 bits per heavy atom. The molecule has 0 saturated carbocycles. The van der Waals surface area contributed by atoms with Crippen molar-refractivity contribution < 1.29 is 19.5 Å². The maximum absolute atomic E-state index is 12.9. The van der Waals surface area contributed by atoms with Crippen LogP contribution in [0.4, 0.5) is 11.4 Å². The van der Waals surface area contributed by atoms with E-state index < -0.39 is 0 Å². The fraction of sp³-hybridized carbons (Fsp3) is 0.227. The molecule has 2 aromatic carbocycles. The third-order valence-corrected chi connectivity index (χ3v) is 5.31. The quantitative estimate of drug-likeness (QED) is 0.488. The molecule has 1 saturated heterocycles. The van der Waals surface area contributed by atoms with Crippen molar-refractivity contribution in [2.75, 3.05) is 10.2 Å². The van der Waals surface area contributed by atoms with Gasteiger partial charge in [-0.1, -0.05) is 17.7 Å². The van der Waals surface area contributed by atoms with Gasteiger partial charge in [0.15, 0.2) is 0 Å². The molecule has 3 amide bonds. The number of rotatable bonds is 3. The lowest BCUT2D eigenvalue weighted by Crippen LogP contribution is -2.31. The normalized spacial score (nSPS) is 21.3. The van der Waals surface area contributed by atoms with Gasteiger partial charge < -0.3 is 10.4 Å². The van der Waals surface area contributed by atoms with Crippen LogP contribution in [0.5, 0.6) is 5.75 Å². The number of nitrogens with zero attached hydrogens (tertiary/aromatic N) is 1. The minimum atomic E-state index is -0.360. The Morgan fingerprint density at radius 1 is 1.07 bits per heavy atom. The molecule has 1 fully saturated rings. The van der Waals surface area contributed by atoms with Gasteiger partial charge in [0.1, 0.15) is 5.75 Å². The number of carbonyl (C=O) groups is 3. The molecule has 2 aliphatic rings. The Hall–Kier alpha value is -3.41. The maximum Gasteiger partial charge on any atom is 0.255 e. The summed E-state index contributed by atoms with van der Waals surface area (Å²) in [6.45, 7) is 1.98. The highest BCUT2D eigenvalue weighted by atomic mass is 16.3. The zero-order valence-electron chi connectivity index (χ0n) is 15.4. The van der Waals surface area contributed by atoms with Gasteiger partial charge >= 0.3 is 0 Å². The minimum absolute atomic E-state index is 0.109. The van der Waals surface area contributed by atoms with Gasteiger partial charge in [0.25, 0.3) is 5.91 Å². The summed E-state index contributed by atoms with van der Waals surface area (Å²) in [6.07, 6.45) is 3.21. The molecule has 28 heavy (non-hydrogen) atoms. The molecule has 2 N–H and O–H groups in total. The number of fused-ring (bicyclic) bond motifs is 1. The number of benzene rings is 2. The Balaban J connectivity index is 1.57. The van der Waals surface area contributed by atoms with E-state index in [1.807, 2.05) is 13.0 Å². The number of imide groups is 1. The standard InChI is InChI=1S/C22H20N2O4/c1-13-5-10-18-19(11-13)22(28)24(21(18)27)16-4-2-3-14(12-16)20(26)23-15-6-8-17(25)9-7-15/h2-9,12,18-19,25H,10-11H2,1H3,(H,23,26)/t18-,19-/m1/s1. The maximum atomic E-state index is 12.9. The van der Waals surface area contributed by atoms with E-state index in [1.54, 1.807) is 36.4 Å². The van der Waals surface area contributed by atoms with Crippen LogP contribution in [0.15, 0.2) is 60.2 Å². The smallest absolute Gasteiger partial charge is 0.255 e. The van der Waals surface area contributed by atoms with Gasteiger partial charge in [-0.25, -0.2) is 0 Å². The summed E-state index contributed by atoms with van der Waals surface area (Å²) in [4.78, 5) is 39.4. The average Bonchev–Trinajstić information content (AvgIpc) is 2.93. The van der Waals surface area contributed by atoms with Crippen LogP contribution >= 0.6 is 0 Å². The van der Waals surface area contributed by atoms with Crippen molar-refractivity contribution in [2.24, 2.45) is 11.8 Å². The van der Waals surface area contributed by atoms with Crippen molar-refractivity contribution in [3.63, 3.8) is 0 Å². The van der Waals surface area contributed by atoms with Crippen molar-refractivity contribution >= 4 is 29.1 Å². The lowest BCUT2D eigenvalue weighted by molar-refractivity contribution is -0.122.